The monoisotopic (exact) mass is 304 g/mol. The number of nitrogen functional groups attached to an aromatic ring is 1. The molecule has 4 nitrogen and oxygen atoms in total. The number of nitrogens with two attached hydrogens (primary N) is 1. The fourth-order valence-electron chi connectivity index (χ4n) is 1.71. The lowest BCUT2D eigenvalue weighted by molar-refractivity contribution is 0.485. The van der Waals surface area contributed by atoms with Crippen molar-refractivity contribution in [1.82, 2.24) is 4.72 Å². The van der Waals surface area contributed by atoms with E-state index in [9.17, 15) is 8.42 Å². The van der Waals surface area contributed by atoms with Gasteiger partial charge in [-0.1, -0.05) is 25.4 Å². The van der Waals surface area contributed by atoms with Crippen molar-refractivity contribution >= 4 is 27.3 Å². The minimum Gasteiger partial charge on any atom is -0.398 e. The Morgan fingerprint density at radius 1 is 1.26 bits per heavy atom. The Bertz CT molecular complexity index is 529. The average Bonchev–Trinajstić information content (AvgIpc) is 2.29. The SMILES string of the molecule is CC(C)CCC(C)NS(=O)(=O)c1cc(Cl)ccc1N. The van der Waals surface area contributed by atoms with E-state index in [0.717, 1.165) is 12.8 Å². The molecule has 0 radical (unpaired) electrons. The molecule has 1 aromatic rings. The van der Waals surface area contributed by atoms with Gasteiger partial charge in [0, 0.05) is 11.1 Å². The second-order valence-electron chi connectivity index (χ2n) is 5.18. The van der Waals surface area contributed by atoms with Gasteiger partial charge in [0.25, 0.3) is 0 Å². The van der Waals surface area contributed by atoms with Gasteiger partial charge in [0.1, 0.15) is 4.90 Å². The Morgan fingerprint density at radius 2 is 1.89 bits per heavy atom. The van der Waals surface area contributed by atoms with E-state index >= 15 is 0 Å². The van der Waals surface area contributed by atoms with E-state index in [2.05, 4.69) is 18.6 Å². The first-order valence-corrected chi connectivity index (χ1v) is 8.16. The smallest absolute Gasteiger partial charge is 0.242 e. The maximum absolute atomic E-state index is 12.2. The van der Waals surface area contributed by atoms with Gasteiger partial charge in [-0.05, 0) is 43.9 Å². The maximum atomic E-state index is 12.2. The highest BCUT2D eigenvalue weighted by Crippen LogP contribution is 2.23. The van der Waals surface area contributed by atoms with Crippen molar-refractivity contribution in [1.29, 1.82) is 0 Å². The van der Waals surface area contributed by atoms with E-state index in [0.29, 0.717) is 10.9 Å². The molecule has 0 aliphatic heterocycles. The Balaban J connectivity index is 2.83. The van der Waals surface area contributed by atoms with Gasteiger partial charge >= 0.3 is 0 Å². The van der Waals surface area contributed by atoms with Gasteiger partial charge in [-0.15, -0.1) is 0 Å². The fraction of sp³-hybridized carbons (Fsp3) is 0.538. The van der Waals surface area contributed by atoms with E-state index in [1.807, 2.05) is 6.92 Å². The third-order valence-electron chi connectivity index (χ3n) is 2.80. The van der Waals surface area contributed by atoms with Crippen molar-refractivity contribution in [3.63, 3.8) is 0 Å². The Labute approximate surface area is 120 Å². The molecule has 6 heteroatoms. The van der Waals surface area contributed by atoms with Crippen molar-refractivity contribution in [2.45, 2.75) is 44.6 Å². The van der Waals surface area contributed by atoms with E-state index in [1.54, 1.807) is 6.07 Å². The van der Waals surface area contributed by atoms with Crippen LogP contribution in [0.4, 0.5) is 5.69 Å². The molecular formula is C13H21ClN2O2S. The molecule has 0 fully saturated rings. The number of hydrogen-bond acceptors (Lipinski definition) is 3. The molecule has 0 aromatic heterocycles. The molecule has 0 spiro atoms. The van der Waals surface area contributed by atoms with Crippen LogP contribution in [-0.4, -0.2) is 14.5 Å². The normalized spacial score (nSPS) is 13.7. The van der Waals surface area contributed by atoms with E-state index in [1.165, 1.54) is 12.1 Å². The highest BCUT2D eigenvalue weighted by atomic mass is 35.5. The molecule has 108 valence electrons. The highest BCUT2D eigenvalue weighted by molar-refractivity contribution is 7.89. The van der Waals surface area contributed by atoms with Crippen LogP contribution in [0.2, 0.25) is 5.02 Å². The number of sulfonamides is 1. The first-order valence-electron chi connectivity index (χ1n) is 6.29. The van der Waals surface area contributed by atoms with Crippen molar-refractivity contribution < 1.29 is 8.42 Å². The van der Waals surface area contributed by atoms with Crippen LogP contribution in [0.15, 0.2) is 23.1 Å². The zero-order chi connectivity index (χ0) is 14.6. The third kappa shape index (κ3) is 5.01. The highest BCUT2D eigenvalue weighted by Gasteiger charge is 2.20. The summed E-state index contributed by atoms with van der Waals surface area (Å²) in [7, 11) is -3.62. The fourth-order valence-corrected chi connectivity index (χ4v) is 3.38. The average molecular weight is 305 g/mol. The molecule has 0 amide bonds. The van der Waals surface area contributed by atoms with E-state index in [4.69, 9.17) is 17.3 Å². The van der Waals surface area contributed by atoms with Crippen molar-refractivity contribution in [3.8, 4) is 0 Å². The molecule has 0 bridgehead atoms. The summed E-state index contributed by atoms with van der Waals surface area (Å²) < 4.78 is 27.1. The Kier molecular flexibility index (Phi) is 5.64. The third-order valence-corrected chi connectivity index (χ3v) is 4.68. The minimum absolute atomic E-state index is 0.0383. The van der Waals surface area contributed by atoms with Crippen LogP contribution in [0.25, 0.3) is 0 Å². The summed E-state index contributed by atoms with van der Waals surface area (Å²) in [6, 6.07) is 4.30. The minimum atomic E-state index is -3.62. The summed E-state index contributed by atoms with van der Waals surface area (Å²) in [6.45, 7) is 6.06. The number of nitrogens with one attached hydrogen (secondary N) is 1. The molecule has 19 heavy (non-hydrogen) atoms. The number of anilines is 1. The second-order valence-corrected chi connectivity index (χ2v) is 7.29. The van der Waals surface area contributed by atoms with Gasteiger partial charge in [-0.3, -0.25) is 0 Å². The predicted molar refractivity (Wildman–Crippen MR) is 79.7 cm³/mol. The van der Waals surface area contributed by atoms with Crippen molar-refractivity contribution in [3.05, 3.63) is 23.2 Å². The summed E-state index contributed by atoms with van der Waals surface area (Å²) >= 11 is 5.81. The first-order chi connectivity index (χ1) is 8.72. The second kappa shape index (κ2) is 6.59. The summed E-state index contributed by atoms with van der Waals surface area (Å²) in [5.41, 5.74) is 5.90. The first kappa shape index (κ1) is 16.3. The van der Waals surface area contributed by atoms with Crippen LogP contribution in [0.1, 0.15) is 33.6 Å². The Hall–Kier alpha value is -0.780. The molecule has 1 aromatic carbocycles. The molecule has 1 atom stereocenters. The van der Waals surface area contributed by atoms with Crippen LogP contribution in [-0.2, 0) is 10.0 Å². The van der Waals surface area contributed by atoms with Crippen molar-refractivity contribution in [2.24, 2.45) is 5.92 Å². The van der Waals surface area contributed by atoms with Crippen LogP contribution >= 0.6 is 11.6 Å². The Morgan fingerprint density at radius 3 is 2.47 bits per heavy atom. The van der Waals surface area contributed by atoms with Crippen LogP contribution < -0.4 is 10.5 Å². The largest absolute Gasteiger partial charge is 0.398 e. The van der Waals surface area contributed by atoms with Crippen molar-refractivity contribution in [2.75, 3.05) is 5.73 Å². The van der Waals surface area contributed by atoms with Gasteiger partial charge in [0.05, 0.1) is 5.69 Å². The zero-order valence-electron chi connectivity index (χ0n) is 11.5. The lowest BCUT2D eigenvalue weighted by atomic mass is 10.1. The number of rotatable bonds is 6. The molecule has 0 saturated carbocycles. The molecule has 1 rings (SSSR count). The number of halogens is 1. The lowest BCUT2D eigenvalue weighted by Gasteiger charge is -2.16. The maximum Gasteiger partial charge on any atom is 0.242 e. The van der Waals surface area contributed by atoms with Gasteiger partial charge in [-0.2, -0.15) is 0 Å². The topological polar surface area (TPSA) is 72.2 Å². The zero-order valence-corrected chi connectivity index (χ0v) is 13.1. The predicted octanol–water partition coefficient (Wildman–Crippen LogP) is 3.03. The van der Waals surface area contributed by atoms with E-state index in [-0.39, 0.29) is 16.6 Å². The molecule has 1 unspecified atom stereocenters. The van der Waals surface area contributed by atoms with Gasteiger partial charge < -0.3 is 5.73 Å². The van der Waals surface area contributed by atoms with E-state index < -0.39 is 10.0 Å². The summed E-state index contributed by atoms with van der Waals surface area (Å²) in [6.07, 6.45) is 1.76. The number of hydrogen-bond donors (Lipinski definition) is 2. The van der Waals surface area contributed by atoms with Crippen LogP contribution in [0.3, 0.4) is 0 Å². The molecule has 0 aliphatic rings. The van der Waals surface area contributed by atoms with Gasteiger partial charge in [0.15, 0.2) is 0 Å². The summed E-state index contributed by atoms with van der Waals surface area (Å²) in [5.74, 6) is 0.545. The lowest BCUT2D eigenvalue weighted by Crippen LogP contribution is -2.33. The molecule has 3 N–H and O–H groups in total. The van der Waals surface area contributed by atoms with Crippen LogP contribution in [0, 0.1) is 5.92 Å². The molecule has 0 saturated heterocycles. The summed E-state index contributed by atoms with van der Waals surface area (Å²) in [5, 5.41) is 0.351. The van der Waals surface area contributed by atoms with Crippen LogP contribution in [0.5, 0.6) is 0 Å². The molecule has 0 heterocycles. The quantitative estimate of drug-likeness (QED) is 0.793. The molecular weight excluding hydrogens is 284 g/mol. The standard InChI is InChI=1S/C13H21ClN2O2S/c1-9(2)4-5-10(3)16-19(17,18)13-8-11(14)6-7-12(13)15/h6-10,16H,4-5,15H2,1-3H3. The van der Waals surface area contributed by atoms with Gasteiger partial charge in [-0.25, -0.2) is 13.1 Å². The van der Waals surface area contributed by atoms with Gasteiger partial charge in [0.2, 0.25) is 10.0 Å². The molecule has 0 aliphatic carbocycles. The summed E-state index contributed by atoms with van der Waals surface area (Å²) in [4.78, 5) is 0.0383. The number of benzene rings is 1.